The Morgan fingerprint density at radius 2 is 1.88 bits per heavy atom. The van der Waals surface area contributed by atoms with Crippen LogP contribution in [0.25, 0.3) is 16.2 Å². The van der Waals surface area contributed by atoms with Crippen molar-refractivity contribution in [3.63, 3.8) is 0 Å². The zero-order valence-corrected chi connectivity index (χ0v) is 15.8. The summed E-state index contributed by atoms with van der Waals surface area (Å²) in [5.41, 5.74) is 2.06. The van der Waals surface area contributed by atoms with Gasteiger partial charge in [-0.05, 0) is 51.0 Å². The maximum absolute atomic E-state index is 11.7. The van der Waals surface area contributed by atoms with Crippen molar-refractivity contribution in [2.45, 2.75) is 52.6 Å². The van der Waals surface area contributed by atoms with Crippen LogP contribution in [0.1, 0.15) is 62.0 Å². The molecule has 132 valence electrons. The highest BCUT2D eigenvalue weighted by molar-refractivity contribution is 7.16. The van der Waals surface area contributed by atoms with E-state index in [0.717, 1.165) is 40.4 Å². The van der Waals surface area contributed by atoms with Crippen molar-refractivity contribution in [2.24, 2.45) is 0 Å². The molecule has 2 aromatic heterocycles. The summed E-state index contributed by atoms with van der Waals surface area (Å²) in [4.78, 5) is 17.1. The summed E-state index contributed by atoms with van der Waals surface area (Å²) in [6.45, 7) is 8.30. The Morgan fingerprint density at radius 3 is 2.44 bits per heavy atom. The first kappa shape index (κ1) is 17.6. The highest BCUT2D eigenvalue weighted by Crippen LogP contribution is 2.31. The lowest BCUT2D eigenvalue weighted by atomic mass is 10.1. The van der Waals surface area contributed by atoms with Crippen molar-refractivity contribution < 1.29 is 9.53 Å². The van der Waals surface area contributed by atoms with Gasteiger partial charge in [0.05, 0.1) is 6.10 Å². The van der Waals surface area contributed by atoms with E-state index >= 15 is 0 Å². The van der Waals surface area contributed by atoms with Gasteiger partial charge in [-0.2, -0.15) is 9.61 Å². The van der Waals surface area contributed by atoms with Crippen LogP contribution in [0.2, 0.25) is 0 Å². The predicted molar refractivity (Wildman–Crippen MR) is 101 cm³/mol. The van der Waals surface area contributed by atoms with E-state index in [1.807, 2.05) is 38.1 Å². The third-order valence-electron chi connectivity index (χ3n) is 4.20. The minimum absolute atomic E-state index is 0.127. The average Bonchev–Trinajstić information content (AvgIpc) is 3.13. The Labute approximate surface area is 151 Å². The van der Waals surface area contributed by atoms with E-state index in [9.17, 15) is 4.79 Å². The number of imidazole rings is 1. The van der Waals surface area contributed by atoms with Gasteiger partial charge >= 0.3 is 0 Å². The number of carbonyl (C=O) groups excluding carboxylic acids is 1. The summed E-state index contributed by atoms with van der Waals surface area (Å²) in [5.74, 6) is 1.23. The van der Waals surface area contributed by atoms with Crippen molar-refractivity contribution in [3.05, 3.63) is 35.0 Å². The fourth-order valence-electron chi connectivity index (χ4n) is 2.86. The highest BCUT2D eigenvalue weighted by atomic mass is 32.1. The minimum Gasteiger partial charge on any atom is -0.491 e. The van der Waals surface area contributed by atoms with Gasteiger partial charge in [-0.3, -0.25) is 4.79 Å². The molecular formula is C19H23N3O2S. The topological polar surface area (TPSA) is 56.5 Å². The maximum Gasteiger partial charge on any atom is 0.213 e. The van der Waals surface area contributed by atoms with E-state index < -0.39 is 0 Å². The van der Waals surface area contributed by atoms with E-state index in [4.69, 9.17) is 4.74 Å². The van der Waals surface area contributed by atoms with Crippen molar-refractivity contribution >= 4 is 22.6 Å². The molecule has 5 nitrogen and oxygen atoms in total. The Morgan fingerprint density at radius 1 is 1.20 bits per heavy atom. The van der Waals surface area contributed by atoms with Crippen LogP contribution < -0.4 is 4.74 Å². The number of rotatable bonds is 7. The molecule has 0 unspecified atom stereocenters. The molecule has 0 saturated heterocycles. The fraction of sp³-hybridized carbons (Fsp3) is 0.421. The summed E-state index contributed by atoms with van der Waals surface area (Å²) in [6.07, 6.45) is 3.04. The molecule has 0 aliphatic rings. The van der Waals surface area contributed by atoms with Crippen molar-refractivity contribution in [1.29, 1.82) is 0 Å². The quantitative estimate of drug-likeness (QED) is 0.561. The number of aldehydes is 1. The highest BCUT2D eigenvalue weighted by Gasteiger charge is 2.20. The minimum atomic E-state index is 0.127. The first-order valence-electron chi connectivity index (χ1n) is 8.69. The van der Waals surface area contributed by atoms with E-state index in [2.05, 4.69) is 23.9 Å². The molecule has 0 spiro atoms. The second-order valence-corrected chi connectivity index (χ2v) is 7.29. The second-order valence-electron chi connectivity index (χ2n) is 6.30. The van der Waals surface area contributed by atoms with Gasteiger partial charge in [-0.1, -0.05) is 25.2 Å². The first-order valence-corrected chi connectivity index (χ1v) is 9.50. The number of carbonyl (C=O) groups is 1. The molecule has 0 atom stereocenters. The van der Waals surface area contributed by atoms with Crippen LogP contribution in [0.3, 0.4) is 0 Å². The van der Waals surface area contributed by atoms with Crippen LogP contribution in [0.15, 0.2) is 24.3 Å². The molecule has 0 radical (unpaired) electrons. The molecule has 0 fully saturated rings. The lowest BCUT2D eigenvalue weighted by molar-refractivity contribution is 0.111. The number of aromatic nitrogens is 3. The molecule has 0 aliphatic heterocycles. The van der Waals surface area contributed by atoms with Crippen LogP contribution in [0, 0.1) is 0 Å². The molecule has 0 bridgehead atoms. The third-order valence-corrected chi connectivity index (χ3v) is 5.27. The second kappa shape index (κ2) is 7.35. The van der Waals surface area contributed by atoms with Gasteiger partial charge in [0.1, 0.15) is 22.1 Å². The van der Waals surface area contributed by atoms with Crippen molar-refractivity contribution in [2.75, 3.05) is 0 Å². The normalized spacial score (nSPS) is 11.6. The lowest BCUT2D eigenvalue weighted by Gasteiger charge is -2.09. The van der Waals surface area contributed by atoms with Crippen LogP contribution in [0.4, 0.5) is 0 Å². The lowest BCUT2D eigenvalue weighted by Crippen LogP contribution is -2.05. The number of hydrogen-bond donors (Lipinski definition) is 0. The SMILES string of the molecule is CCC(CC)c1nn2c(C=O)c(-c3ccc(OC(C)C)cc3)nc2s1. The van der Waals surface area contributed by atoms with Gasteiger partial charge in [0.2, 0.25) is 4.96 Å². The number of nitrogens with zero attached hydrogens (tertiary/aromatic N) is 3. The number of hydrogen-bond acceptors (Lipinski definition) is 5. The molecule has 1 aromatic carbocycles. The smallest absolute Gasteiger partial charge is 0.213 e. The van der Waals surface area contributed by atoms with E-state index in [1.165, 1.54) is 0 Å². The Hall–Kier alpha value is -2.21. The van der Waals surface area contributed by atoms with Gasteiger partial charge in [0.25, 0.3) is 0 Å². The van der Waals surface area contributed by atoms with Crippen molar-refractivity contribution in [1.82, 2.24) is 14.6 Å². The molecule has 0 aliphatic carbocycles. The van der Waals surface area contributed by atoms with Gasteiger partial charge in [0.15, 0.2) is 6.29 Å². The van der Waals surface area contributed by atoms with Crippen LogP contribution in [-0.4, -0.2) is 27.0 Å². The summed E-state index contributed by atoms with van der Waals surface area (Å²) in [7, 11) is 0. The fourth-order valence-corrected chi connectivity index (χ4v) is 4.04. The average molecular weight is 357 g/mol. The standard InChI is InChI=1S/C19H23N3O2S/c1-5-13(6-2)18-21-22-16(11-23)17(20-19(22)25-18)14-7-9-15(10-8-14)24-12(3)4/h7-13H,5-6H2,1-4H3. The number of ether oxygens (including phenoxy) is 1. The van der Waals surface area contributed by atoms with E-state index in [0.29, 0.717) is 17.3 Å². The predicted octanol–water partition coefficient (Wildman–Crippen LogP) is 4.96. The van der Waals surface area contributed by atoms with Crippen molar-refractivity contribution in [3.8, 4) is 17.0 Å². The Kier molecular flexibility index (Phi) is 5.18. The van der Waals surface area contributed by atoms with Crippen LogP contribution in [0.5, 0.6) is 5.75 Å². The summed E-state index contributed by atoms with van der Waals surface area (Å²) < 4.78 is 7.35. The zero-order chi connectivity index (χ0) is 18.0. The molecule has 25 heavy (non-hydrogen) atoms. The molecule has 0 N–H and O–H groups in total. The van der Waals surface area contributed by atoms with Gasteiger partial charge in [-0.15, -0.1) is 0 Å². The molecule has 3 aromatic rings. The van der Waals surface area contributed by atoms with Crippen LogP contribution in [-0.2, 0) is 0 Å². The molecule has 0 amide bonds. The zero-order valence-electron chi connectivity index (χ0n) is 15.0. The van der Waals surface area contributed by atoms with E-state index in [-0.39, 0.29) is 6.10 Å². The monoisotopic (exact) mass is 357 g/mol. The third kappa shape index (κ3) is 3.44. The molecule has 0 saturated carbocycles. The summed E-state index contributed by atoms with van der Waals surface area (Å²) in [5, 5.41) is 5.69. The Balaban J connectivity index is 1.99. The summed E-state index contributed by atoms with van der Waals surface area (Å²) in [6, 6.07) is 7.67. The largest absolute Gasteiger partial charge is 0.491 e. The Bertz CT molecular complexity index is 861. The first-order chi connectivity index (χ1) is 12.1. The van der Waals surface area contributed by atoms with E-state index in [1.54, 1.807) is 15.9 Å². The van der Waals surface area contributed by atoms with Gasteiger partial charge in [0, 0.05) is 11.5 Å². The van der Waals surface area contributed by atoms with Crippen LogP contribution >= 0.6 is 11.3 Å². The number of fused-ring (bicyclic) bond motifs is 1. The maximum atomic E-state index is 11.7. The molecule has 6 heteroatoms. The molecule has 2 heterocycles. The molecular weight excluding hydrogens is 334 g/mol. The number of benzene rings is 1. The van der Waals surface area contributed by atoms with Gasteiger partial charge < -0.3 is 4.74 Å². The summed E-state index contributed by atoms with van der Waals surface area (Å²) >= 11 is 1.57. The van der Waals surface area contributed by atoms with Gasteiger partial charge in [-0.25, -0.2) is 4.98 Å². The molecule has 3 rings (SSSR count).